The van der Waals surface area contributed by atoms with E-state index < -0.39 is 0 Å². The average molecular weight is 215 g/mol. The van der Waals surface area contributed by atoms with Gasteiger partial charge in [-0.05, 0) is 0 Å². The first-order valence-electron chi connectivity index (χ1n) is 4.99. The fraction of sp³-hybridized carbons (Fsp3) is 0.167. The Hall–Kier alpha value is -2.10. The maximum Gasteiger partial charge on any atom is 0.218 e. The summed E-state index contributed by atoms with van der Waals surface area (Å²) < 4.78 is 5.13. The minimum atomic E-state index is 0.554. The number of hydrogen-bond acceptors (Lipinski definition) is 4. The van der Waals surface area contributed by atoms with Gasteiger partial charge in [0, 0.05) is 18.7 Å². The van der Waals surface area contributed by atoms with Crippen LogP contribution in [0.4, 0.5) is 5.82 Å². The molecule has 0 unspecified atom stereocenters. The Morgan fingerprint density at radius 1 is 1.12 bits per heavy atom. The highest BCUT2D eigenvalue weighted by Crippen LogP contribution is 2.20. The molecule has 0 spiro atoms. The molecule has 0 amide bonds. The predicted octanol–water partition coefficient (Wildman–Crippen LogP) is 2.19. The summed E-state index contributed by atoms with van der Waals surface area (Å²) in [6.45, 7) is 0. The third-order valence-corrected chi connectivity index (χ3v) is 2.20. The average Bonchev–Trinajstić information content (AvgIpc) is 2.39. The summed E-state index contributed by atoms with van der Waals surface area (Å²) in [7, 11) is 3.41. The van der Waals surface area contributed by atoms with Crippen LogP contribution in [0.25, 0.3) is 11.4 Å². The number of aromatic nitrogens is 2. The van der Waals surface area contributed by atoms with E-state index in [0.717, 1.165) is 11.4 Å². The van der Waals surface area contributed by atoms with Crippen LogP contribution in [0.1, 0.15) is 0 Å². The number of methoxy groups -OCH3 is 1. The third kappa shape index (κ3) is 2.11. The van der Waals surface area contributed by atoms with Crippen LogP contribution >= 0.6 is 0 Å². The van der Waals surface area contributed by atoms with Gasteiger partial charge in [0.05, 0.1) is 7.11 Å². The van der Waals surface area contributed by atoms with E-state index in [4.69, 9.17) is 4.74 Å². The number of ether oxygens (including phenoxy) is 1. The van der Waals surface area contributed by atoms with Crippen molar-refractivity contribution in [2.45, 2.75) is 0 Å². The molecule has 1 aromatic carbocycles. The molecule has 0 saturated heterocycles. The van der Waals surface area contributed by atoms with Crippen LogP contribution < -0.4 is 10.1 Å². The van der Waals surface area contributed by atoms with Crippen molar-refractivity contribution >= 4 is 5.82 Å². The molecule has 0 saturated carbocycles. The molecule has 1 aromatic heterocycles. The largest absolute Gasteiger partial charge is 0.481 e. The zero-order valence-electron chi connectivity index (χ0n) is 9.27. The lowest BCUT2D eigenvalue weighted by Gasteiger charge is -2.06. The van der Waals surface area contributed by atoms with Crippen molar-refractivity contribution in [2.24, 2.45) is 0 Å². The van der Waals surface area contributed by atoms with Gasteiger partial charge < -0.3 is 10.1 Å². The molecular formula is C12H13N3O. The van der Waals surface area contributed by atoms with Gasteiger partial charge in [-0.1, -0.05) is 30.3 Å². The molecule has 0 atom stereocenters. The number of hydrogen-bond donors (Lipinski definition) is 1. The Labute approximate surface area is 94.3 Å². The number of nitrogens with one attached hydrogen (secondary N) is 1. The van der Waals surface area contributed by atoms with E-state index in [2.05, 4.69) is 15.3 Å². The van der Waals surface area contributed by atoms with E-state index in [-0.39, 0.29) is 0 Å². The van der Waals surface area contributed by atoms with E-state index >= 15 is 0 Å². The van der Waals surface area contributed by atoms with Crippen molar-refractivity contribution in [3.63, 3.8) is 0 Å². The summed E-state index contributed by atoms with van der Waals surface area (Å²) in [6, 6.07) is 11.6. The summed E-state index contributed by atoms with van der Waals surface area (Å²) >= 11 is 0. The Morgan fingerprint density at radius 2 is 1.88 bits per heavy atom. The first-order chi connectivity index (χ1) is 7.83. The van der Waals surface area contributed by atoms with Gasteiger partial charge >= 0.3 is 0 Å². The standard InChI is InChI=1S/C12H13N3O/c1-13-10-8-11(16-2)15-12(14-10)9-6-4-3-5-7-9/h3-8H,1-2H3,(H,13,14,15). The van der Waals surface area contributed by atoms with Gasteiger partial charge in [0.2, 0.25) is 5.88 Å². The Kier molecular flexibility index (Phi) is 3.00. The Bertz CT molecular complexity index is 449. The van der Waals surface area contributed by atoms with Crippen molar-refractivity contribution < 1.29 is 4.74 Å². The molecule has 82 valence electrons. The fourth-order valence-electron chi connectivity index (χ4n) is 1.37. The molecular weight excluding hydrogens is 202 g/mol. The monoisotopic (exact) mass is 215 g/mol. The second-order valence-electron chi connectivity index (χ2n) is 3.24. The molecule has 4 nitrogen and oxygen atoms in total. The lowest BCUT2D eigenvalue weighted by atomic mass is 10.2. The van der Waals surface area contributed by atoms with Crippen LogP contribution in [0, 0.1) is 0 Å². The maximum atomic E-state index is 5.13. The minimum Gasteiger partial charge on any atom is -0.481 e. The molecule has 0 bridgehead atoms. The lowest BCUT2D eigenvalue weighted by Crippen LogP contribution is -1.99. The van der Waals surface area contributed by atoms with Crippen molar-refractivity contribution in [3.05, 3.63) is 36.4 Å². The first-order valence-corrected chi connectivity index (χ1v) is 4.99. The first kappa shape index (κ1) is 10.4. The van der Waals surface area contributed by atoms with Gasteiger partial charge in [0.25, 0.3) is 0 Å². The van der Waals surface area contributed by atoms with Gasteiger partial charge in [-0.2, -0.15) is 4.98 Å². The van der Waals surface area contributed by atoms with Crippen LogP contribution in [0.3, 0.4) is 0 Å². The smallest absolute Gasteiger partial charge is 0.218 e. The van der Waals surface area contributed by atoms with Crippen LogP contribution in [0.5, 0.6) is 5.88 Å². The number of nitrogens with zero attached hydrogens (tertiary/aromatic N) is 2. The molecule has 0 radical (unpaired) electrons. The van der Waals surface area contributed by atoms with Crippen molar-refractivity contribution in [3.8, 4) is 17.3 Å². The zero-order chi connectivity index (χ0) is 11.4. The van der Waals surface area contributed by atoms with Gasteiger partial charge in [0.15, 0.2) is 5.82 Å². The SMILES string of the molecule is CNc1cc(OC)nc(-c2ccccc2)n1. The highest BCUT2D eigenvalue weighted by atomic mass is 16.5. The fourth-order valence-corrected chi connectivity index (χ4v) is 1.37. The molecule has 0 aliphatic carbocycles. The van der Waals surface area contributed by atoms with E-state index in [0.29, 0.717) is 11.7 Å². The molecule has 2 rings (SSSR count). The van der Waals surface area contributed by atoms with E-state index in [1.54, 1.807) is 13.2 Å². The Morgan fingerprint density at radius 3 is 2.50 bits per heavy atom. The van der Waals surface area contributed by atoms with E-state index in [1.165, 1.54) is 0 Å². The van der Waals surface area contributed by atoms with Crippen LogP contribution in [0.2, 0.25) is 0 Å². The van der Waals surface area contributed by atoms with Gasteiger partial charge in [-0.25, -0.2) is 4.98 Å². The zero-order valence-corrected chi connectivity index (χ0v) is 9.27. The molecule has 2 aromatic rings. The summed E-state index contributed by atoms with van der Waals surface area (Å²) in [6.07, 6.45) is 0. The highest BCUT2D eigenvalue weighted by Gasteiger charge is 2.05. The van der Waals surface area contributed by atoms with Gasteiger partial charge in [0.1, 0.15) is 5.82 Å². The molecule has 4 heteroatoms. The molecule has 1 heterocycles. The maximum absolute atomic E-state index is 5.13. The quantitative estimate of drug-likeness (QED) is 0.852. The minimum absolute atomic E-state index is 0.554. The highest BCUT2D eigenvalue weighted by molar-refractivity contribution is 5.58. The molecule has 1 N–H and O–H groups in total. The summed E-state index contributed by atoms with van der Waals surface area (Å²) in [5.74, 6) is 1.95. The van der Waals surface area contributed by atoms with Gasteiger partial charge in [-0.15, -0.1) is 0 Å². The van der Waals surface area contributed by atoms with Crippen LogP contribution in [-0.4, -0.2) is 24.1 Å². The molecule has 16 heavy (non-hydrogen) atoms. The number of anilines is 1. The predicted molar refractivity (Wildman–Crippen MR) is 63.6 cm³/mol. The lowest BCUT2D eigenvalue weighted by molar-refractivity contribution is 0.398. The third-order valence-electron chi connectivity index (χ3n) is 2.20. The summed E-state index contributed by atoms with van der Waals surface area (Å²) in [5, 5.41) is 2.98. The van der Waals surface area contributed by atoms with Crippen molar-refractivity contribution in [1.82, 2.24) is 9.97 Å². The summed E-state index contributed by atoms with van der Waals surface area (Å²) in [4.78, 5) is 8.66. The van der Waals surface area contributed by atoms with Crippen LogP contribution in [0.15, 0.2) is 36.4 Å². The second-order valence-corrected chi connectivity index (χ2v) is 3.24. The molecule has 0 aliphatic heterocycles. The molecule has 0 fully saturated rings. The van der Waals surface area contributed by atoms with E-state index in [1.807, 2.05) is 37.4 Å². The Balaban J connectivity index is 2.48. The number of benzene rings is 1. The van der Waals surface area contributed by atoms with Crippen molar-refractivity contribution in [2.75, 3.05) is 19.5 Å². The topological polar surface area (TPSA) is 47.0 Å². The normalized spacial score (nSPS) is 9.88. The molecule has 0 aliphatic rings. The number of rotatable bonds is 3. The van der Waals surface area contributed by atoms with Gasteiger partial charge in [-0.3, -0.25) is 0 Å². The van der Waals surface area contributed by atoms with E-state index in [9.17, 15) is 0 Å². The summed E-state index contributed by atoms with van der Waals surface area (Å²) in [5.41, 5.74) is 0.970. The van der Waals surface area contributed by atoms with Crippen LogP contribution in [-0.2, 0) is 0 Å². The van der Waals surface area contributed by atoms with Crippen molar-refractivity contribution in [1.29, 1.82) is 0 Å². The second kappa shape index (κ2) is 4.61.